The van der Waals surface area contributed by atoms with Crippen LogP contribution in [0.3, 0.4) is 0 Å². The van der Waals surface area contributed by atoms with Gasteiger partial charge in [-0.05, 0) is 25.0 Å². The van der Waals surface area contributed by atoms with E-state index in [1.165, 1.54) is 6.39 Å². The number of methoxy groups -OCH3 is 1. The number of rotatable bonds is 6. The summed E-state index contributed by atoms with van der Waals surface area (Å²) >= 11 is 0. The summed E-state index contributed by atoms with van der Waals surface area (Å²) in [6, 6.07) is 5.69. The largest absolute Gasteiger partial charge is 0.496 e. The Morgan fingerprint density at radius 2 is 1.93 bits per heavy atom. The molecule has 4 rings (SSSR count). The first kappa shape index (κ1) is 17.1. The van der Waals surface area contributed by atoms with Crippen LogP contribution in [0.5, 0.6) is 5.75 Å². The molecular formula is C18H21N7O2. The molecule has 0 aliphatic carbocycles. The number of hydrogen-bond donors (Lipinski definition) is 2. The van der Waals surface area contributed by atoms with E-state index in [1.54, 1.807) is 20.4 Å². The van der Waals surface area contributed by atoms with E-state index in [0.717, 1.165) is 37.2 Å². The summed E-state index contributed by atoms with van der Waals surface area (Å²) < 4.78 is 10.9. The van der Waals surface area contributed by atoms with Crippen molar-refractivity contribution in [1.29, 1.82) is 0 Å². The van der Waals surface area contributed by atoms with E-state index in [1.807, 2.05) is 18.2 Å². The van der Waals surface area contributed by atoms with Crippen LogP contribution >= 0.6 is 0 Å². The predicted octanol–water partition coefficient (Wildman–Crippen LogP) is 2.92. The lowest BCUT2D eigenvalue weighted by Gasteiger charge is -2.17. The molecule has 1 aliphatic rings. The van der Waals surface area contributed by atoms with Crippen molar-refractivity contribution < 1.29 is 9.15 Å². The number of hydrogen-bond acceptors (Lipinski definition) is 9. The molecule has 0 atom stereocenters. The van der Waals surface area contributed by atoms with Gasteiger partial charge in [-0.25, -0.2) is 4.98 Å². The molecule has 2 aromatic heterocycles. The molecule has 9 heteroatoms. The minimum Gasteiger partial charge on any atom is -0.496 e. The van der Waals surface area contributed by atoms with Crippen molar-refractivity contribution in [2.75, 3.05) is 42.8 Å². The normalized spacial score (nSPS) is 13.6. The van der Waals surface area contributed by atoms with E-state index in [9.17, 15) is 0 Å². The fourth-order valence-electron chi connectivity index (χ4n) is 3.04. The van der Waals surface area contributed by atoms with Crippen molar-refractivity contribution in [2.45, 2.75) is 12.8 Å². The fraction of sp³-hybridized carbons (Fsp3) is 0.333. The zero-order valence-electron chi connectivity index (χ0n) is 15.3. The zero-order valence-corrected chi connectivity index (χ0v) is 15.3. The van der Waals surface area contributed by atoms with Crippen LogP contribution in [0.1, 0.15) is 12.8 Å². The lowest BCUT2D eigenvalue weighted by molar-refractivity contribution is 0.415. The van der Waals surface area contributed by atoms with Crippen molar-refractivity contribution in [1.82, 2.24) is 19.9 Å². The van der Waals surface area contributed by atoms with Gasteiger partial charge in [-0.1, -0.05) is 0 Å². The van der Waals surface area contributed by atoms with Crippen LogP contribution in [0.25, 0.3) is 11.3 Å². The molecule has 140 valence electrons. The molecule has 1 saturated heterocycles. The maximum Gasteiger partial charge on any atom is 0.233 e. The van der Waals surface area contributed by atoms with E-state index >= 15 is 0 Å². The number of ether oxygens (including phenoxy) is 1. The third-order valence-electron chi connectivity index (χ3n) is 4.39. The van der Waals surface area contributed by atoms with Gasteiger partial charge in [-0.2, -0.15) is 15.0 Å². The quantitative estimate of drug-likeness (QED) is 0.681. The minimum atomic E-state index is 0.478. The Morgan fingerprint density at radius 3 is 2.63 bits per heavy atom. The third kappa shape index (κ3) is 3.62. The summed E-state index contributed by atoms with van der Waals surface area (Å²) in [5.41, 5.74) is 1.63. The second-order valence-corrected chi connectivity index (χ2v) is 6.13. The third-order valence-corrected chi connectivity index (χ3v) is 4.39. The monoisotopic (exact) mass is 367 g/mol. The second-order valence-electron chi connectivity index (χ2n) is 6.13. The molecule has 0 amide bonds. The van der Waals surface area contributed by atoms with E-state index in [0.29, 0.717) is 29.4 Å². The van der Waals surface area contributed by atoms with Gasteiger partial charge in [-0.15, -0.1) is 0 Å². The van der Waals surface area contributed by atoms with Crippen LogP contribution in [-0.2, 0) is 0 Å². The van der Waals surface area contributed by atoms with Crippen LogP contribution < -0.4 is 20.3 Å². The number of anilines is 4. The van der Waals surface area contributed by atoms with Gasteiger partial charge in [0, 0.05) is 31.9 Å². The van der Waals surface area contributed by atoms with E-state index in [2.05, 4.69) is 35.5 Å². The first-order chi connectivity index (χ1) is 13.3. The van der Waals surface area contributed by atoms with Crippen molar-refractivity contribution in [2.24, 2.45) is 0 Å². The number of oxazole rings is 1. The average Bonchev–Trinajstić information content (AvgIpc) is 3.41. The highest BCUT2D eigenvalue weighted by Gasteiger charge is 2.17. The summed E-state index contributed by atoms with van der Waals surface area (Å²) in [7, 11) is 3.41. The molecule has 0 radical (unpaired) electrons. The minimum absolute atomic E-state index is 0.478. The Balaban J connectivity index is 1.62. The molecule has 3 heterocycles. The van der Waals surface area contributed by atoms with Crippen molar-refractivity contribution in [3.8, 4) is 17.1 Å². The van der Waals surface area contributed by atoms with Gasteiger partial charge in [-0.3, -0.25) is 0 Å². The summed E-state index contributed by atoms with van der Waals surface area (Å²) in [5, 5.41) is 6.23. The number of aromatic nitrogens is 4. The van der Waals surface area contributed by atoms with Crippen molar-refractivity contribution >= 4 is 23.5 Å². The Labute approximate surface area is 156 Å². The Hall–Kier alpha value is -3.36. The van der Waals surface area contributed by atoms with Crippen LogP contribution in [0.4, 0.5) is 23.5 Å². The standard InChI is InChI=1S/C18H21N7O2/c1-19-16-22-17(24-18(23-16)25-7-3-4-8-25)21-12-5-6-13(14(9-12)26-2)15-10-20-11-27-15/h5-6,9-11H,3-4,7-8H2,1-2H3,(H2,19,21,22,23,24). The van der Waals surface area contributed by atoms with Crippen LogP contribution in [0.2, 0.25) is 0 Å². The van der Waals surface area contributed by atoms with Gasteiger partial charge in [0.15, 0.2) is 12.2 Å². The number of nitrogens with zero attached hydrogens (tertiary/aromatic N) is 5. The average molecular weight is 367 g/mol. The molecule has 3 aromatic rings. The van der Waals surface area contributed by atoms with Crippen molar-refractivity contribution in [3.05, 3.63) is 30.8 Å². The van der Waals surface area contributed by atoms with Gasteiger partial charge in [0.1, 0.15) is 5.75 Å². The molecule has 0 saturated carbocycles. The SMILES string of the molecule is CNc1nc(Nc2ccc(-c3cnco3)c(OC)c2)nc(N2CCCC2)n1. The highest BCUT2D eigenvalue weighted by molar-refractivity contribution is 5.71. The molecule has 0 bridgehead atoms. The molecule has 0 spiro atoms. The smallest absolute Gasteiger partial charge is 0.233 e. The Kier molecular flexibility index (Phi) is 4.73. The van der Waals surface area contributed by atoms with E-state index in [-0.39, 0.29) is 0 Å². The lowest BCUT2D eigenvalue weighted by Crippen LogP contribution is -2.21. The first-order valence-corrected chi connectivity index (χ1v) is 8.79. The fourth-order valence-corrected chi connectivity index (χ4v) is 3.04. The lowest BCUT2D eigenvalue weighted by atomic mass is 10.1. The predicted molar refractivity (Wildman–Crippen MR) is 103 cm³/mol. The molecule has 1 fully saturated rings. The maximum absolute atomic E-state index is 5.50. The maximum atomic E-state index is 5.50. The molecule has 9 nitrogen and oxygen atoms in total. The summed E-state index contributed by atoms with van der Waals surface area (Å²) in [4.78, 5) is 19.6. The van der Waals surface area contributed by atoms with Crippen molar-refractivity contribution in [3.63, 3.8) is 0 Å². The highest BCUT2D eigenvalue weighted by Crippen LogP contribution is 2.33. The Bertz CT molecular complexity index is 908. The molecule has 0 unspecified atom stereocenters. The molecule has 1 aliphatic heterocycles. The number of nitrogens with one attached hydrogen (secondary N) is 2. The molecule has 1 aromatic carbocycles. The van der Waals surface area contributed by atoms with Gasteiger partial charge in [0.05, 0.1) is 18.9 Å². The zero-order chi connectivity index (χ0) is 18.6. The molecular weight excluding hydrogens is 346 g/mol. The van der Waals surface area contributed by atoms with Gasteiger partial charge in [0.2, 0.25) is 17.8 Å². The molecule has 27 heavy (non-hydrogen) atoms. The summed E-state index contributed by atoms with van der Waals surface area (Å²) in [6.07, 6.45) is 5.36. The van der Waals surface area contributed by atoms with E-state index < -0.39 is 0 Å². The van der Waals surface area contributed by atoms with Crippen LogP contribution in [-0.4, -0.2) is 47.2 Å². The first-order valence-electron chi connectivity index (χ1n) is 8.79. The molecule has 2 N–H and O–H groups in total. The van der Waals surface area contributed by atoms with E-state index in [4.69, 9.17) is 9.15 Å². The number of benzene rings is 1. The summed E-state index contributed by atoms with van der Waals surface area (Å²) in [5.74, 6) is 3.00. The van der Waals surface area contributed by atoms with Gasteiger partial charge < -0.3 is 24.7 Å². The van der Waals surface area contributed by atoms with Gasteiger partial charge in [0.25, 0.3) is 0 Å². The van der Waals surface area contributed by atoms with Crippen LogP contribution in [0.15, 0.2) is 35.2 Å². The van der Waals surface area contributed by atoms with Crippen LogP contribution in [0, 0.1) is 0 Å². The topological polar surface area (TPSA) is 101 Å². The second kappa shape index (κ2) is 7.48. The van der Waals surface area contributed by atoms with Gasteiger partial charge >= 0.3 is 0 Å². The Morgan fingerprint density at radius 1 is 1.11 bits per heavy atom. The summed E-state index contributed by atoms with van der Waals surface area (Å²) in [6.45, 7) is 1.93. The highest BCUT2D eigenvalue weighted by atomic mass is 16.5.